The lowest BCUT2D eigenvalue weighted by molar-refractivity contribution is -0.143. The number of amides is 12. The topological polar surface area (TPSA) is 442 Å². The fraction of sp³-hybridized carbons (Fsp3) is 0.404. The lowest BCUT2D eigenvalue weighted by Gasteiger charge is -2.35. The number of likely N-dealkylation sites (tertiary alicyclic amines) is 4. The molecule has 11 heterocycles. The van der Waals surface area contributed by atoms with Crippen molar-refractivity contribution in [3.63, 3.8) is 0 Å². The Hall–Kier alpha value is -13.0. The van der Waals surface area contributed by atoms with Gasteiger partial charge in [0.2, 0.25) is 53.2 Å². The van der Waals surface area contributed by atoms with Crippen molar-refractivity contribution in [3.05, 3.63) is 263 Å². The first-order valence-electron chi connectivity index (χ1n) is 49.2. The van der Waals surface area contributed by atoms with Crippen LogP contribution in [-0.2, 0) is 82.4 Å². The summed E-state index contributed by atoms with van der Waals surface area (Å²) in [5, 5.41) is 59.4. The summed E-state index contributed by atoms with van der Waals surface area (Å²) in [5.41, 5.74) is 21.2. The second kappa shape index (κ2) is 49.0. The molecule has 10 N–H and O–H groups in total. The van der Waals surface area contributed by atoms with E-state index in [1.54, 1.807) is 105 Å². The maximum Gasteiger partial charge on any atom is 0.270 e. The van der Waals surface area contributed by atoms with Crippen molar-refractivity contribution in [3.8, 4) is 41.8 Å². The zero-order valence-electron chi connectivity index (χ0n) is 84.9. The molecule has 0 bridgehead atoms. The number of pyridine rings is 1. The fourth-order valence-electron chi connectivity index (χ4n) is 19.2. The Bertz CT molecular complexity index is 6630. The number of fused-ring (bicyclic) bond motifs is 2. The lowest BCUT2D eigenvalue weighted by Crippen LogP contribution is -2.57. The number of hydrogen-bond acceptors (Lipinski definition) is 25. The highest BCUT2D eigenvalue weighted by molar-refractivity contribution is 7.14. The van der Waals surface area contributed by atoms with Crippen molar-refractivity contribution in [2.45, 2.75) is 235 Å². The van der Waals surface area contributed by atoms with Gasteiger partial charge in [0.25, 0.3) is 17.7 Å². The molecule has 6 aromatic carbocycles. The Morgan fingerprint density at radius 2 is 0.764 bits per heavy atom. The molecule has 148 heavy (non-hydrogen) atoms. The van der Waals surface area contributed by atoms with Crippen LogP contribution in [0.4, 0.5) is 0 Å². The predicted molar refractivity (Wildman–Crippen MR) is 568 cm³/mol. The minimum absolute atomic E-state index is 0.0197. The van der Waals surface area contributed by atoms with Gasteiger partial charge in [0.1, 0.15) is 54.0 Å². The number of thiazole rings is 4. The number of rotatable bonds is 28. The molecule has 17 rings (SSSR count). The van der Waals surface area contributed by atoms with E-state index in [9.17, 15) is 78.0 Å². The zero-order chi connectivity index (χ0) is 107. The number of aryl methyl sites for hydroxylation is 4. The van der Waals surface area contributed by atoms with Crippen molar-refractivity contribution in [1.82, 2.24) is 86.2 Å². The van der Waals surface area contributed by atoms with Crippen molar-refractivity contribution < 1.29 is 78.0 Å². The van der Waals surface area contributed by atoms with E-state index >= 15 is 0 Å². The average Bonchev–Trinajstić information content (AvgIpc) is 1.63. The number of aliphatic hydroxyl groups excluding tert-OH is 4. The van der Waals surface area contributed by atoms with Gasteiger partial charge in [-0.25, -0.2) is 19.9 Å². The molecule has 780 valence electrons. The number of hydrogen-bond donors (Lipinski definition) is 10. The molecule has 5 aromatic heterocycles. The molecule has 33 nitrogen and oxygen atoms in total. The first kappa shape index (κ1) is 111. The molecule has 12 atom stereocenters. The molecule has 0 radical (unpaired) electrons. The molecular weight excluding hydrogens is 2000 g/mol. The number of carbonyl (C=O) groups excluding carboxylic acids is 12. The number of benzene rings is 6. The van der Waals surface area contributed by atoms with Gasteiger partial charge in [-0.1, -0.05) is 201 Å². The predicted octanol–water partition coefficient (Wildman–Crippen LogP) is 12.9. The summed E-state index contributed by atoms with van der Waals surface area (Å²) in [6, 6.07) is 40.5. The standard InChI is InChI=1S/2C29H31ClN4O4S.C28H33N5O4S.C23H30N4O4S/c1-16(2)25(34-13-20-8-9-21(30)10-23(20)28(34)37)29(38)33-14-22(35)11-24(33)27(36)31-12-18-4-6-19(7-5-18)26-17(3)32-15-39-26;1-16(2)25(34-14-22-21(28(34)37)5-4-6-23(22)30)29(38)33-13-20(35)11-24(33)27(36)31-12-18-7-9-19(10-8-18)26-17(3)32-15-39-26;1-17-23(38-16-31-17)19-10-8-18(9-11-19)14-30-26(36)22-13-20(34)15-33(22)27(37)24(28(2,3)4)32-25(35)21-7-5-6-12-29-21;1-13(2)20(26-15(4)28)23(31)27-11-18(29)9-19(27)22(30)24-10-16-5-7-17(8-6-16)21-14(3)25-12-32-21/h4-10,15-16,22,24-25,35H,11-14H2,1-3H3,(H,31,36);4-10,15-16,20,24-25,35H,11-14H2,1-3H3,(H,31,36);5-12,16,20,22,24,34H,13-15H2,1-4H3,(H,30,36)(H,32,35);5-8,12-13,18-20,29H,9-11H2,1-4H3,(H,24,30)(H,26,28)/t22-,24+,25+;20-,24+,25+;20-,22+,24-;18-,19+,20+/m1111/s1. The molecule has 39 heteroatoms. The van der Waals surface area contributed by atoms with E-state index in [-0.39, 0.29) is 147 Å². The lowest BCUT2D eigenvalue weighted by atomic mass is 9.85. The molecular formula is C109H125Cl2N17O16S4. The average molecular weight is 2130 g/mol. The molecule has 11 aromatic rings. The summed E-state index contributed by atoms with van der Waals surface area (Å²) in [6.07, 6.45) is -1.14. The van der Waals surface area contributed by atoms with Crippen LogP contribution in [-0.4, -0.2) is 245 Å². The number of aromatic nitrogens is 5. The molecule has 4 fully saturated rings. The van der Waals surface area contributed by atoms with Gasteiger partial charge in [-0.2, -0.15) is 0 Å². The molecule has 0 unspecified atom stereocenters. The van der Waals surface area contributed by atoms with Crippen LogP contribution >= 0.6 is 68.5 Å². The van der Waals surface area contributed by atoms with Crippen molar-refractivity contribution in [2.24, 2.45) is 23.2 Å². The van der Waals surface area contributed by atoms with Gasteiger partial charge >= 0.3 is 0 Å². The molecule has 6 aliphatic rings. The Labute approximate surface area is 886 Å². The van der Waals surface area contributed by atoms with Crippen LogP contribution in [0.1, 0.15) is 182 Å². The number of nitrogens with one attached hydrogen (secondary N) is 6. The number of nitrogens with zero attached hydrogens (tertiary/aromatic N) is 11. The van der Waals surface area contributed by atoms with Crippen molar-refractivity contribution in [2.75, 3.05) is 26.2 Å². The zero-order valence-corrected chi connectivity index (χ0v) is 89.7. The summed E-state index contributed by atoms with van der Waals surface area (Å²) in [6.45, 7) is 27.8. The minimum Gasteiger partial charge on any atom is -0.391 e. The Morgan fingerprint density at radius 3 is 1.08 bits per heavy atom. The third-order valence-corrected chi connectivity index (χ3v) is 31.5. The maximum absolute atomic E-state index is 13.9. The van der Waals surface area contributed by atoms with Gasteiger partial charge < -0.3 is 81.7 Å². The van der Waals surface area contributed by atoms with Gasteiger partial charge in [0.15, 0.2) is 0 Å². The van der Waals surface area contributed by atoms with Crippen LogP contribution in [0, 0.1) is 50.9 Å². The maximum atomic E-state index is 13.9. The third kappa shape index (κ3) is 26.5. The van der Waals surface area contributed by atoms with E-state index in [1.807, 2.05) is 209 Å². The van der Waals surface area contributed by atoms with Gasteiger partial charge in [0, 0.05) is 131 Å². The van der Waals surface area contributed by atoms with Gasteiger partial charge in [0.05, 0.1) is 88.7 Å². The fourth-order valence-corrected chi connectivity index (χ4v) is 22.9. The summed E-state index contributed by atoms with van der Waals surface area (Å²) < 4.78 is 0. The van der Waals surface area contributed by atoms with Crippen LogP contribution in [0.15, 0.2) is 180 Å². The van der Waals surface area contributed by atoms with E-state index in [1.165, 1.54) is 37.6 Å². The summed E-state index contributed by atoms with van der Waals surface area (Å²) >= 11 is 18.8. The second-order valence-electron chi connectivity index (χ2n) is 40.0. The van der Waals surface area contributed by atoms with Crippen LogP contribution in [0.5, 0.6) is 0 Å². The quantitative estimate of drug-likeness (QED) is 0.0218. The summed E-state index contributed by atoms with van der Waals surface area (Å²) in [5.74, 6) is -4.61. The number of carbonyl (C=O) groups is 12. The molecule has 6 aliphatic heterocycles. The molecule has 4 saturated heterocycles. The first-order valence-corrected chi connectivity index (χ1v) is 53.5. The van der Waals surface area contributed by atoms with Crippen molar-refractivity contribution >= 4 is 139 Å². The number of aliphatic hydroxyl groups is 4. The third-order valence-electron chi connectivity index (χ3n) is 27.0. The van der Waals surface area contributed by atoms with E-state index in [2.05, 4.69) is 56.8 Å². The molecule has 0 saturated carbocycles. The highest BCUT2D eigenvalue weighted by Crippen LogP contribution is 2.39. The van der Waals surface area contributed by atoms with Crippen LogP contribution in [0.3, 0.4) is 0 Å². The van der Waals surface area contributed by atoms with Crippen LogP contribution in [0.25, 0.3) is 41.8 Å². The monoisotopic (exact) mass is 2130 g/mol. The molecule has 0 spiro atoms. The SMILES string of the molecule is CC(=O)N[C@H](C(=O)N1C[C@H](O)C[C@H]1C(=O)NCc1ccc(-c2scnc2C)cc1)C(C)C.Cc1ncsc1-c1ccc(CNC(=O)[C@@H]2C[C@@H](O)CN2C(=O)[C@@H](NC(=O)c2ccccn2)C(C)(C)C)cc1.Cc1ncsc1-c1ccc(CNC(=O)[C@@H]2C[C@@H](O)CN2C(=O)[C@H](C(C)C)N2Cc3c(Cl)cccc3C2=O)cc1.Cc1ncsc1-c1ccc(CNC(=O)[C@@H]2C[C@@H](O)CN2C(=O)[C@H](C(C)C)N2Cc3ccc(Cl)cc3C2=O)cc1. The van der Waals surface area contributed by atoms with Crippen molar-refractivity contribution in [1.29, 1.82) is 0 Å². The van der Waals surface area contributed by atoms with E-state index in [0.29, 0.717) is 52.9 Å². The number of β-amino-alcohol motifs (C(OH)–C–C–N with tert-alkyl or cyclic N) is 4. The molecule has 12 amide bonds. The van der Waals surface area contributed by atoms with Gasteiger partial charge in [-0.15, -0.1) is 45.3 Å². The second-order valence-corrected chi connectivity index (χ2v) is 44.3. The minimum atomic E-state index is -0.916. The van der Waals surface area contributed by atoms with Gasteiger partial charge in [-0.05, 0) is 137 Å². The first-order chi connectivity index (χ1) is 70.5. The Morgan fingerprint density at radius 1 is 0.412 bits per heavy atom. The van der Waals surface area contributed by atoms with E-state index in [4.69, 9.17) is 23.2 Å². The highest BCUT2D eigenvalue weighted by Gasteiger charge is 2.51. The smallest absolute Gasteiger partial charge is 0.270 e. The van der Waals surface area contributed by atoms with Gasteiger partial charge in [-0.3, -0.25) is 62.5 Å². The number of halogens is 2. The molecule has 0 aliphatic carbocycles. The van der Waals surface area contributed by atoms with Crippen LogP contribution in [0.2, 0.25) is 10.0 Å². The van der Waals surface area contributed by atoms with Crippen LogP contribution < -0.4 is 31.9 Å². The highest BCUT2D eigenvalue weighted by atomic mass is 35.5. The van der Waals surface area contributed by atoms with E-state index < -0.39 is 90.0 Å². The van der Waals surface area contributed by atoms with E-state index in [0.717, 1.165) is 92.4 Å². The summed E-state index contributed by atoms with van der Waals surface area (Å²) in [7, 11) is 0. The normalized spacial score (nSPS) is 19.1. The Balaban J connectivity index is 0.000000156. The largest absolute Gasteiger partial charge is 0.391 e. The summed E-state index contributed by atoms with van der Waals surface area (Å²) in [4.78, 5) is 192. The Kier molecular flexibility index (Phi) is 36.7.